The molecular weight excluding hydrogens is 170 g/mol. The fourth-order valence-electron chi connectivity index (χ4n) is 0.313. The number of pyridine rings is 1. The summed E-state index contributed by atoms with van der Waals surface area (Å²) >= 11 is 0. The highest BCUT2D eigenvalue weighted by Gasteiger charge is 2.21. The highest BCUT2D eigenvalue weighted by Crippen LogP contribution is 1.97. The third-order valence-corrected chi connectivity index (χ3v) is 1.09. The molecule has 0 aliphatic heterocycles. The van der Waals surface area contributed by atoms with Crippen molar-refractivity contribution in [3.05, 3.63) is 30.6 Å². The molecule has 2 N–H and O–H groups in total. The molecule has 72 valence electrons. The van der Waals surface area contributed by atoms with Crippen LogP contribution < -0.4 is 0 Å². The fraction of sp³-hybridized carbons (Fsp3) is 0.333. The number of nitrogens with zero attached hydrogens (tertiary/aromatic N) is 1. The van der Waals surface area contributed by atoms with E-state index in [9.17, 15) is 4.79 Å². The van der Waals surface area contributed by atoms with Crippen LogP contribution in [0.2, 0.25) is 0 Å². The Morgan fingerprint density at radius 1 is 1.23 bits per heavy atom. The lowest BCUT2D eigenvalue weighted by atomic mass is 10.1. The van der Waals surface area contributed by atoms with Crippen molar-refractivity contribution in [1.29, 1.82) is 0 Å². The van der Waals surface area contributed by atoms with Crippen molar-refractivity contribution in [2.45, 2.75) is 19.4 Å². The largest absolute Gasteiger partial charge is 0.479 e. The molecule has 0 fully saturated rings. The minimum Gasteiger partial charge on any atom is -0.479 e. The van der Waals surface area contributed by atoms with Gasteiger partial charge in [0, 0.05) is 12.4 Å². The number of carboxylic acid groups (broad SMARTS) is 1. The molecule has 4 heteroatoms. The monoisotopic (exact) mass is 183 g/mol. The summed E-state index contributed by atoms with van der Waals surface area (Å²) in [5, 5.41) is 16.5. The molecule has 1 aromatic rings. The van der Waals surface area contributed by atoms with Crippen molar-refractivity contribution in [3.8, 4) is 0 Å². The van der Waals surface area contributed by atoms with Gasteiger partial charge in [0.25, 0.3) is 0 Å². The first-order chi connectivity index (χ1) is 5.94. The van der Waals surface area contributed by atoms with E-state index in [2.05, 4.69) is 4.98 Å². The van der Waals surface area contributed by atoms with Gasteiger partial charge >= 0.3 is 5.97 Å². The molecular formula is C9H13NO3. The zero-order valence-electron chi connectivity index (χ0n) is 7.64. The maximum Gasteiger partial charge on any atom is 0.335 e. The Morgan fingerprint density at radius 3 is 1.69 bits per heavy atom. The summed E-state index contributed by atoms with van der Waals surface area (Å²) in [6.07, 6.45) is 3.50. The summed E-state index contributed by atoms with van der Waals surface area (Å²) < 4.78 is 0. The van der Waals surface area contributed by atoms with Gasteiger partial charge in [-0.2, -0.15) is 0 Å². The van der Waals surface area contributed by atoms with Crippen molar-refractivity contribution in [2.24, 2.45) is 0 Å². The van der Waals surface area contributed by atoms with Gasteiger partial charge < -0.3 is 10.2 Å². The first-order valence-electron chi connectivity index (χ1n) is 3.75. The van der Waals surface area contributed by atoms with Gasteiger partial charge in [0.1, 0.15) is 0 Å². The number of aliphatic hydroxyl groups is 1. The first-order valence-corrected chi connectivity index (χ1v) is 3.75. The number of aliphatic carboxylic acids is 1. The quantitative estimate of drug-likeness (QED) is 0.679. The summed E-state index contributed by atoms with van der Waals surface area (Å²) in [7, 11) is 0. The average Bonchev–Trinajstić information content (AvgIpc) is 2.07. The van der Waals surface area contributed by atoms with Crippen molar-refractivity contribution >= 4 is 5.97 Å². The Labute approximate surface area is 76.9 Å². The van der Waals surface area contributed by atoms with Gasteiger partial charge in [-0.05, 0) is 26.0 Å². The lowest BCUT2D eigenvalue weighted by Crippen LogP contribution is -2.30. The average molecular weight is 183 g/mol. The number of carboxylic acids is 1. The van der Waals surface area contributed by atoms with E-state index in [-0.39, 0.29) is 0 Å². The highest BCUT2D eigenvalue weighted by molar-refractivity contribution is 5.75. The molecule has 0 aromatic carbocycles. The van der Waals surface area contributed by atoms with Crippen molar-refractivity contribution in [1.82, 2.24) is 4.98 Å². The molecule has 0 atom stereocenters. The predicted octanol–water partition coefficient (Wildman–Crippen LogP) is 0.923. The summed E-state index contributed by atoms with van der Waals surface area (Å²) in [4.78, 5) is 13.6. The van der Waals surface area contributed by atoms with Crippen molar-refractivity contribution in [3.63, 3.8) is 0 Å². The Hall–Kier alpha value is -1.42. The molecule has 0 aliphatic carbocycles. The van der Waals surface area contributed by atoms with E-state index in [4.69, 9.17) is 10.2 Å². The third kappa shape index (κ3) is 6.96. The summed E-state index contributed by atoms with van der Waals surface area (Å²) in [6.45, 7) is 2.44. The molecule has 1 aromatic heterocycles. The van der Waals surface area contributed by atoms with Crippen LogP contribution in [-0.2, 0) is 4.79 Å². The number of hydrogen-bond donors (Lipinski definition) is 2. The smallest absolute Gasteiger partial charge is 0.335 e. The second kappa shape index (κ2) is 5.27. The van der Waals surface area contributed by atoms with Gasteiger partial charge in [-0.15, -0.1) is 0 Å². The first kappa shape index (κ1) is 11.6. The highest BCUT2D eigenvalue weighted by atomic mass is 16.4. The van der Waals surface area contributed by atoms with E-state index in [1.165, 1.54) is 13.8 Å². The van der Waals surface area contributed by atoms with Crippen LogP contribution in [-0.4, -0.2) is 26.8 Å². The Balaban J connectivity index is 0.000000223. The molecule has 0 spiro atoms. The van der Waals surface area contributed by atoms with E-state index in [1.54, 1.807) is 12.4 Å². The zero-order valence-corrected chi connectivity index (χ0v) is 7.64. The molecule has 1 heterocycles. The Kier molecular flexibility index (Phi) is 4.69. The number of hydrogen-bond acceptors (Lipinski definition) is 3. The minimum absolute atomic E-state index is 1.20. The Bertz CT molecular complexity index is 214. The predicted molar refractivity (Wildman–Crippen MR) is 48.2 cm³/mol. The molecule has 0 saturated carbocycles. The summed E-state index contributed by atoms with van der Waals surface area (Å²) in [5.74, 6) is -1.20. The summed E-state index contributed by atoms with van der Waals surface area (Å²) in [5.41, 5.74) is -1.58. The summed E-state index contributed by atoms with van der Waals surface area (Å²) in [6, 6.07) is 5.72. The van der Waals surface area contributed by atoms with Gasteiger partial charge in [0.05, 0.1) is 0 Å². The minimum atomic E-state index is -1.58. The topological polar surface area (TPSA) is 70.4 Å². The number of aromatic nitrogens is 1. The van der Waals surface area contributed by atoms with Gasteiger partial charge in [0.15, 0.2) is 5.60 Å². The van der Waals surface area contributed by atoms with E-state index in [0.29, 0.717) is 0 Å². The number of rotatable bonds is 1. The molecule has 4 nitrogen and oxygen atoms in total. The van der Waals surface area contributed by atoms with Crippen LogP contribution in [0.25, 0.3) is 0 Å². The lowest BCUT2D eigenvalue weighted by Gasteiger charge is -2.07. The van der Waals surface area contributed by atoms with Crippen LogP contribution in [0.1, 0.15) is 13.8 Å². The van der Waals surface area contributed by atoms with Crippen LogP contribution in [0.5, 0.6) is 0 Å². The maximum atomic E-state index is 9.77. The van der Waals surface area contributed by atoms with E-state index in [1.807, 2.05) is 18.2 Å². The second-order valence-electron chi connectivity index (χ2n) is 2.89. The fourth-order valence-corrected chi connectivity index (χ4v) is 0.313. The molecule has 0 amide bonds. The molecule has 0 aliphatic rings. The van der Waals surface area contributed by atoms with Crippen molar-refractivity contribution in [2.75, 3.05) is 0 Å². The molecule has 0 radical (unpaired) electrons. The third-order valence-electron chi connectivity index (χ3n) is 1.09. The van der Waals surface area contributed by atoms with Crippen LogP contribution in [0.4, 0.5) is 0 Å². The van der Waals surface area contributed by atoms with Crippen LogP contribution in [0, 0.1) is 0 Å². The van der Waals surface area contributed by atoms with E-state index < -0.39 is 11.6 Å². The lowest BCUT2D eigenvalue weighted by molar-refractivity contribution is -0.154. The zero-order chi connectivity index (χ0) is 10.3. The van der Waals surface area contributed by atoms with Gasteiger partial charge in [-0.1, -0.05) is 6.07 Å². The van der Waals surface area contributed by atoms with Crippen LogP contribution in [0.3, 0.4) is 0 Å². The standard InChI is InChI=1S/C5H5N.C4H8O3/c1-2-4-6-5-3-1;1-4(2,7)3(5)6/h1-5H;7H,1-2H3,(H,5,6). The van der Waals surface area contributed by atoms with Gasteiger partial charge in [0.2, 0.25) is 0 Å². The van der Waals surface area contributed by atoms with E-state index in [0.717, 1.165) is 0 Å². The van der Waals surface area contributed by atoms with Gasteiger partial charge in [-0.25, -0.2) is 4.79 Å². The van der Waals surface area contributed by atoms with Gasteiger partial charge in [-0.3, -0.25) is 4.98 Å². The second-order valence-corrected chi connectivity index (χ2v) is 2.89. The van der Waals surface area contributed by atoms with Crippen molar-refractivity contribution < 1.29 is 15.0 Å². The number of carbonyl (C=O) groups is 1. The molecule has 1 rings (SSSR count). The normalized spacial score (nSPS) is 9.77. The van der Waals surface area contributed by atoms with Crippen LogP contribution >= 0.6 is 0 Å². The molecule has 13 heavy (non-hydrogen) atoms. The maximum absolute atomic E-state index is 9.77. The Morgan fingerprint density at radius 2 is 1.62 bits per heavy atom. The van der Waals surface area contributed by atoms with E-state index >= 15 is 0 Å². The molecule has 0 bridgehead atoms. The molecule has 0 saturated heterocycles. The molecule has 0 unspecified atom stereocenters. The SMILES string of the molecule is CC(C)(O)C(=O)O.c1ccncc1. The van der Waals surface area contributed by atoms with Crippen LogP contribution in [0.15, 0.2) is 30.6 Å².